The third kappa shape index (κ3) is 2.77. The second kappa shape index (κ2) is 6.37. The van der Waals surface area contributed by atoms with Crippen LogP contribution in [-0.2, 0) is 13.6 Å². The number of para-hydroxylation sites is 1. The Labute approximate surface area is 152 Å². The first kappa shape index (κ1) is 16.4. The minimum atomic E-state index is -0.0616. The van der Waals surface area contributed by atoms with Crippen LogP contribution in [0.5, 0.6) is 5.75 Å². The summed E-state index contributed by atoms with van der Waals surface area (Å²) < 4.78 is 7.61. The second-order valence-electron chi connectivity index (χ2n) is 6.75. The molecular weight excluding hydrogens is 328 g/mol. The van der Waals surface area contributed by atoms with E-state index < -0.39 is 0 Å². The summed E-state index contributed by atoms with van der Waals surface area (Å²) in [6, 6.07) is 13.9. The lowest BCUT2D eigenvalue weighted by Crippen LogP contribution is -2.33. The van der Waals surface area contributed by atoms with Gasteiger partial charge in [-0.05, 0) is 24.3 Å². The van der Waals surface area contributed by atoms with Crippen molar-refractivity contribution in [2.75, 3.05) is 32.1 Å². The molecule has 0 atom stereocenters. The first-order chi connectivity index (χ1) is 12.5. The van der Waals surface area contributed by atoms with Gasteiger partial charge in [0.2, 0.25) is 0 Å². The lowest BCUT2D eigenvalue weighted by Gasteiger charge is -2.20. The molecule has 1 aromatic heterocycles. The molecular formula is C20H22N4O2. The molecule has 6 heteroatoms. The predicted molar refractivity (Wildman–Crippen MR) is 102 cm³/mol. The molecule has 3 aromatic rings. The number of nitrogens with zero attached hydrogens (tertiary/aromatic N) is 4. The Bertz CT molecular complexity index is 977. The van der Waals surface area contributed by atoms with Crippen LogP contribution in [0.3, 0.4) is 0 Å². The molecule has 0 N–H and O–H groups in total. The Kier molecular flexibility index (Phi) is 4.03. The van der Waals surface area contributed by atoms with Crippen LogP contribution >= 0.6 is 0 Å². The molecule has 0 unspecified atom stereocenters. The minimum Gasteiger partial charge on any atom is -0.491 e. The summed E-state index contributed by atoms with van der Waals surface area (Å²) in [4.78, 5) is 17.1. The van der Waals surface area contributed by atoms with Gasteiger partial charge in [0.1, 0.15) is 12.4 Å². The van der Waals surface area contributed by atoms with Crippen molar-refractivity contribution in [2.45, 2.75) is 6.54 Å². The number of hydrogen-bond donors (Lipinski definition) is 0. The summed E-state index contributed by atoms with van der Waals surface area (Å²) in [5, 5.41) is 5.36. The number of carbonyl (C=O) groups excluding carboxylic acids is 1. The zero-order valence-corrected chi connectivity index (χ0v) is 15.3. The van der Waals surface area contributed by atoms with Gasteiger partial charge in [0.25, 0.3) is 5.91 Å². The van der Waals surface area contributed by atoms with E-state index in [1.807, 2.05) is 67.3 Å². The summed E-state index contributed by atoms with van der Waals surface area (Å²) in [6.07, 6.45) is 0. The third-order valence-electron chi connectivity index (χ3n) is 4.79. The molecule has 2 heterocycles. The lowest BCUT2D eigenvalue weighted by molar-refractivity contribution is 0.0728. The minimum absolute atomic E-state index is 0.0616. The number of rotatable bonds is 2. The van der Waals surface area contributed by atoms with Crippen molar-refractivity contribution in [3.63, 3.8) is 0 Å². The molecule has 26 heavy (non-hydrogen) atoms. The fraction of sp³-hybridized carbons (Fsp3) is 0.300. The molecule has 0 bridgehead atoms. The average Bonchev–Trinajstić information content (AvgIpc) is 2.84. The molecule has 1 aliphatic heterocycles. The molecule has 6 nitrogen and oxygen atoms in total. The summed E-state index contributed by atoms with van der Waals surface area (Å²) >= 11 is 0. The highest BCUT2D eigenvalue weighted by Gasteiger charge is 2.25. The summed E-state index contributed by atoms with van der Waals surface area (Å²) in [7, 11) is 5.87. The van der Waals surface area contributed by atoms with Crippen LogP contribution in [0.2, 0.25) is 0 Å². The van der Waals surface area contributed by atoms with Crippen molar-refractivity contribution in [1.82, 2.24) is 14.7 Å². The molecule has 1 aliphatic rings. The summed E-state index contributed by atoms with van der Waals surface area (Å²) in [5.74, 6) is 0.783. The van der Waals surface area contributed by atoms with Gasteiger partial charge < -0.3 is 14.5 Å². The van der Waals surface area contributed by atoms with Crippen LogP contribution < -0.4 is 9.64 Å². The van der Waals surface area contributed by atoms with E-state index in [1.54, 1.807) is 4.68 Å². The summed E-state index contributed by atoms with van der Waals surface area (Å²) in [6.45, 7) is 1.53. The van der Waals surface area contributed by atoms with Crippen molar-refractivity contribution in [3.8, 4) is 5.75 Å². The van der Waals surface area contributed by atoms with Gasteiger partial charge in [-0.1, -0.05) is 18.2 Å². The topological polar surface area (TPSA) is 50.6 Å². The Hall–Kier alpha value is -3.02. The maximum absolute atomic E-state index is 13.2. The number of fused-ring (bicyclic) bond motifs is 2. The van der Waals surface area contributed by atoms with Crippen LogP contribution in [0.15, 0.2) is 42.5 Å². The fourth-order valence-corrected chi connectivity index (χ4v) is 3.35. The fourth-order valence-electron chi connectivity index (χ4n) is 3.35. The third-order valence-corrected chi connectivity index (χ3v) is 4.79. The molecule has 0 spiro atoms. The predicted octanol–water partition coefficient (Wildman–Crippen LogP) is 2.67. The number of ether oxygens (including phenoxy) is 1. The Morgan fingerprint density at radius 1 is 1.19 bits per heavy atom. The van der Waals surface area contributed by atoms with Crippen molar-refractivity contribution >= 4 is 22.5 Å². The van der Waals surface area contributed by atoms with Crippen molar-refractivity contribution in [2.24, 2.45) is 7.05 Å². The molecule has 0 saturated carbocycles. The van der Waals surface area contributed by atoms with Gasteiger partial charge in [0.05, 0.1) is 12.1 Å². The Morgan fingerprint density at radius 3 is 2.81 bits per heavy atom. The summed E-state index contributed by atoms with van der Waals surface area (Å²) in [5.41, 5.74) is 3.56. The number of hydrogen-bond acceptors (Lipinski definition) is 4. The normalized spacial score (nSPS) is 13.9. The van der Waals surface area contributed by atoms with Gasteiger partial charge in [-0.15, -0.1) is 0 Å². The van der Waals surface area contributed by atoms with Crippen molar-refractivity contribution in [1.29, 1.82) is 0 Å². The highest BCUT2D eigenvalue weighted by Crippen LogP contribution is 2.28. The Balaban J connectivity index is 1.69. The van der Waals surface area contributed by atoms with E-state index in [9.17, 15) is 4.79 Å². The SMILES string of the molecule is CN(C)c1ccc2c(c1)CN(C(=O)c1nn(C)c3ccccc13)CCO2. The maximum atomic E-state index is 13.2. The zero-order chi connectivity index (χ0) is 18.3. The van der Waals surface area contributed by atoms with Crippen LogP contribution in [0, 0.1) is 0 Å². The number of carbonyl (C=O) groups is 1. The number of benzene rings is 2. The van der Waals surface area contributed by atoms with Gasteiger partial charge in [0, 0.05) is 44.3 Å². The van der Waals surface area contributed by atoms with Crippen molar-refractivity contribution in [3.05, 3.63) is 53.7 Å². The molecule has 0 saturated heterocycles. The van der Waals surface area contributed by atoms with E-state index in [4.69, 9.17) is 4.74 Å². The van der Waals surface area contributed by atoms with Crippen LogP contribution in [0.25, 0.3) is 10.9 Å². The standard InChI is InChI=1S/C20H22N4O2/c1-22(2)15-8-9-18-14(12-15)13-24(10-11-26-18)20(25)19-16-6-4-5-7-17(16)23(3)21-19/h4-9,12H,10-11,13H2,1-3H3. The van der Waals surface area contributed by atoms with E-state index in [1.165, 1.54) is 0 Å². The average molecular weight is 350 g/mol. The lowest BCUT2D eigenvalue weighted by atomic mass is 10.1. The van der Waals surface area contributed by atoms with E-state index in [0.29, 0.717) is 25.4 Å². The molecule has 4 rings (SSSR count). The van der Waals surface area contributed by atoms with Gasteiger partial charge >= 0.3 is 0 Å². The van der Waals surface area contributed by atoms with Crippen LogP contribution in [0.4, 0.5) is 5.69 Å². The van der Waals surface area contributed by atoms with E-state index in [2.05, 4.69) is 11.2 Å². The zero-order valence-electron chi connectivity index (χ0n) is 15.3. The molecule has 2 aromatic carbocycles. The van der Waals surface area contributed by atoms with E-state index in [-0.39, 0.29) is 5.91 Å². The molecule has 1 amide bonds. The number of aromatic nitrogens is 2. The van der Waals surface area contributed by atoms with Gasteiger partial charge in [-0.3, -0.25) is 9.48 Å². The van der Waals surface area contributed by atoms with Gasteiger partial charge in [0.15, 0.2) is 5.69 Å². The highest BCUT2D eigenvalue weighted by molar-refractivity contribution is 6.04. The molecule has 134 valence electrons. The van der Waals surface area contributed by atoms with E-state index >= 15 is 0 Å². The molecule has 0 aliphatic carbocycles. The van der Waals surface area contributed by atoms with Crippen molar-refractivity contribution < 1.29 is 9.53 Å². The quantitative estimate of drug-likeness (QED) is 0.713. The molecule has 0 fully saturated rings. The second-order valence-corrected chi connectivity index (χ2v) is 6.75. The first-order valence-corrected chi connectivity index (χ1v) is 8.68. The van der Waals surface area contributed by atoms with E-state index in [0.717, 1.165) is 27.9 Å². The number of aryl methyl sites for hydroxylation is 1. The number of amides is 1. The highest BCUT2D eigenvalue weighted by atomic mass is 16.5. The molecule has 0 radical (unpaired) electrons. The monoisotopic (exact) mass is 350 g/mol. The largest absolute Gasteiger partial charge is 0.491 e. The first-order valence-electron chi connectivity index (χ1n) is 8.68. The smallest absolute Gasteiger partial charge is 0.275 e. The number of anilines is 1. The van der Waals surface area contributed by atoms with Crippen LogP contribution in [-0.4, -0.2) is 47.8 Å². The van der Waals surface area contributed by atoms with Gasteiger partial charge in [-0.2, -0.15) is 5.10 Å². The van der Waals surface area contributed by atoms with Gasteiger partial charge in [-0.25, -0.2) is 0 Å². The maximum Gasteiger partial charge on any atom is 0.275 e. The Morgan fingerprint density at radius 2 is 2.00 bits per heavy atom. The van der Waals surface area contributed by atoms with Crippen LogP contribution in [0.1, 0.15) is 16.1 Å².